The Morgan fingerprint density at radius 1 is 0.302 bits per heavy atom. The number of para-hydroxylation sites is 3. The van der Waals surface area contributed by atoms with Crippen LogP contribution in [0.3, 0.4) is 0 Å². The minimum absolute atomic E-state index is 1.13. The van der Waals surface area contributed by atoms with Gasteiger partial charge in [-0.25, -0.2) is 0 Å². The van der Waals surface area contributed by atoms with E-state index in [1.54, 1.807) is 0 Å². The summed E-state index contributed by atoms with van der Waals surface area (Å²) in [5.41, 5.74) is 10.6. The van der Waals surface area contributed by atoms with E-state index < -0.39 is 0 Å². The van der Waals surface area contributed by atoms with Crippen LogP contribution in [0, 0.1) is 0 Å². The molecule has 0 aliphatic carbocycles. The fourth-order valence-electron chi connectivity index (χ4n) is 10.4. The molecule has 0 spiro atoms. The van der Waals surface area contributed by atoms with Crippen molar-refractivity contribution in [2.24, 2.45) is 0 Å². The van der Waals surface area contributed by atoms with E-state index in [1.807, 2.05) is 22.7 Å². The van der Waals surface area contributed by atoms with E-state index in [-0.39, 0.29) is 0 Å². The smallest absolute Gasteiger partial charge is 0.0641 e. The molecule has 0 aliphatic heterocycles. The lowest BCUT2D eigenvalue weighted by molar-refractivity contribution is 1.31. The first kappa shape index (κ1) is 35.0. The predicted molar refractivity (Wildman–Crippen MR) is 274 cm³/mol. The van der Waals surface area contributed by atoms with Crippen LogP contribution in [0.2, 0.25) is 0 Å². The standard InChI is InChI=1S/C58H35N3S2/c1-3-15-38(16-4-1)59(47-23-13-27-53-55(47)43-20-8-11-25-51(43)62-53)40-30-29-36-34-45-41-31-32-49(57-42-19-7-10-22-46(42)61(58(41)57)50(45)35-37(36)33-40)60(39-17-5-2-6-18-39)48-24-14-28-54-56(48)44-21-9-12-26-52(44)63-54/h1-35H. The first-order chi connectivity index (χ1) is 31.3. The summed E-state index contributed by atoms with van der Waals surface area (Å²) >= 11 is 3.73. The zero-order valence-electron chi connectivity index (χ0n) is 33.9. The van der Waals surface area contributed by atoms with Gasteiger partial charge in [0, 0.05) is 79.0 Å². The monoisotopic (exact) mass is 837 g/mol. The molecule has 63 heavy (non-hydrogen) atoms. The number of hydrogen-bond donors (Lipinski definition) is 0. The van der Waals surface area contributed by atoms with Crippen molar-refractivity contribution in [3.63, 3.8) is 0 Å². The zero-order chi connectivity index (χ0) is 41.2. The molecule has 0 aliphatic rings. The van der Waals surface area contributed by atoms with Crippen LogP contribution in [-0.4, -0.2) is 4.40 Å². The molecule has 0 saturated heterocycles. The Balaban J connectivity index is 1.02. The fraction of sp³-hybridized carbons (Fsp3) is 0. The van der Waals surface area contributed by atoms with Gasteiger partial charge in [0.05, 0.1) is 33.6 Å². The number of anilines is 6. The van der Waals surface area contributed by atoms with Crippen molar-refractivity contribution in [2.45, 2.75) is 0 Å². The summed E-state index contributed by atoms with van der Waals surface area (Å²) in [6.07, 6.45) is 0. The van der Waals surface area contributed by atoms with E-state index in [4.69, 9.17) is 0 Å². The highest BCUT2D eigenvalue weighted by Crippen LogP contribution is 2.51. The van der Waals surface area contributed by atoms with Crippen molar-refractivity contribution in [1.82, 2.24) is 4.40 Å². The maximum Gasteiger partial charge on any atom is 0.0641 e. The molecule has 14 rings (SSSR count). The summed E-state index contributed by atoms with van der Waals surface area (Å²) in [5, 5.41) is 12.6. The van der Waals surface area contributed by atoms with Crippen LogP contribution < -0.4 is 9.80 Å². The Bertz CT molecular complexity index is 4110. The third-order valence-electron chi connectivity index (χ3n) is 13.0. The average molecular weight is 838 g/mol. The minimum Gasteiger partial charge on any atom is -0.310 e. The van der Waals surface area contributed by atoms with Crippen molar-refractivity contribution in [3.05, 3.63) is 212 Å². The highest BCUT2D eigenvalue weighted by molar-refractivity contribution is 7.26. The van der Waals surface area contributed by atoms with E-state index in [1.165, 1.54) is 106 Å². The molecule has 0 fully saturated rings. The Morgan fingerprint density at radius 2 is 0.857 bits per heavy atom. The van der Waals surface area contributed by atoms with Crippen molar-refractivity contribution in [1.29, 1.82) is 0 Å². The van der Waals surface area contributed by atoms with Crippen LogP contribution in [-0.2, 0) is 0 Å². The zero-order valence-corrected chi connectivity index (χ0v) is 35.5. The second-order valence-corrected chi connectivity index (χ2v) is 18.6. The number of fused-ring (bicyclic) bond motifs is 13. The quantitative estimate of drug-likeness (QED) is 0.165. The predicted octanol–water partition coefficient (Wildman–Crippen LogP) is 17.7. The molecule has 0 N–H and O–H groups in total. The van der Waals surface area contributed by atoms with Crippen LogP contribution in [0.25, 0.3) is 89.2 Å². The molecule has 5 heteroatoms. The summed E-state index contributed by atoms with van der Waals surface area (Å²) in [5.74, 6) is 0. The maximum absolute atomic E-state index is 2.53. The van der Waals surface area contributed by atoms with Crippen LogP contribution in [0.4, 0.5) is 34.1 Å². The van der Waals surface area contributed by atoms with Gasteiger partial charge in [-0.1, -0.05) is 115 Å². The first-order valence-corrected chi connectivity index (χ1v) is 23.1. The molecule has 14 aromatic rings. The SMILES string of the molecule is c1ccc(N(c2ccc3cc4c5ccc(N(c6ccccc6)c6cccc7sc8ccccc8c67)c6c7ccccc7n(c4cc3c2)c56)c2cccc3sc4ccccc4c23)cc1. The lowest BCUT2D eigenvalue weighted by Gasteiger charge is -2.27. The maximum atomic E-state index is 2.53. The highest BCUT2D eigenvalue weighted by atomic mass is 32.1. The molecule has 3 nitrogen and oxygen atoms in total. The Hall–Kier alpha value is -7.70. The second-order valence-electron chi connectivity index (χ2n) is 16.4. The summed E-state index contributed by atoms with van der Waals surface area (Å²) in [4.78, 5) is 4.94. The Kier molecular flexibility index (Phi) is 7.43. The van der Waals surface area contributed by atoms with E-state index in [0.717, 1.165) is 17.1 Å². The van der Waals surface area contributed by atoms with Crippen LogP contribution in [0.1, 0.15) is 0 Å². The number of aromatic nitrogens is 1. The lowest BCUT2D eigenvalue weighted by atomic mass is 10.0. The largest absolute Gasteiger partial charge is 0.310 e. The molecule has 294 valence electrons. The number of thiophene rings is 2. The van der Waals surface area contributed by atoms with Crippen LogP contribution in [0.15, 0.2) is 212 Å². The van der Waals surface area contributed by atoms with Gasteiger partial charge < -0.3 is 14.2 Å². The van der Waals surface area contributed by atoms with Gasteiger partial charge in [0.15, 0.2) is 0 Å². The van der Waals surface area contributed by atoms with E-state index in [2.05, 4.69) is 227 Å². The molecule has 0 radical (unpaired) electrons. The van der Waals surface area contributed by atoms with Gasteiger partial charge in [-0.3, -0.25) is 0 Å². The number of rotatable bonds is 6. The second kappa shape index (κ2) is 13.4. The van der Waals surface area contributed by atoms with Gasteiger partial charge in [-0.15, -0.1) is 22.7 Å². The summed E-state index contributed by atoms with van der Waals surface area (Å²) in [6, 6.07) is 78.4. The molecule has 0 unspecified atom stereocenters. The Labute approximate surface area is 370 Å². The topological polar surface area (TPSA) is 10.9 Å². The van der Waals surface area contributed by atoms with Crippen LogP contribution in [0.5, 0.6) is 0 Å². The van der Waals surface area contributed by atoms with Crippen molar-refractivity contribution in [3.8, 4) is 0 Å². The Morgan fingerprint density at radius 3 is 1.54 bits per heavy atom. The van der Waals surface area contributed by atoms with Crippen molar-refractivity contribution in [2.75, 3.05) is 9.80 Å². The number of nitrogens with zero attached hydrogens (tertiary/aromatic N) is 3. The minimum atomic E-state index is 1.13. The lowest BCUT2D eigenvalue weighted by Crippen LogP contribution is -2.10. The summed E-state index contributed by atoms with van der Waals surface area (Å²) < 4.78 is 7.72. The average Bonchev–Trinajstić information content (AvgIpc) is 4.09. The third-order valence-corrected chi connectivity index (χ3v) is 15.3. The first-order valence-electron chi connectivity index (χ1n) is 21.4. The molecule has 10 aromatic carbocycles. The third kappa shape index (κ3) is 5.06. The van der Waals surface area contributed by atoms with Gasteiger partial charge in [0.2, 0.25) is 0 Å². The number of hydrogen-bond acceptors (Lipinski definition) is 4. The van der Waals surface area contributed by atoms with Gasteiger partial charge in [0.1, 0.15) is 0 Å². The van der Waals surface area contributed by atoms with E-state index in [0.29, 0.717) is 0 Å². The van der Waals surface area contributed by atoms with E-state index >= 15 is 0 Å². The normalized spacial score (nSPS) is 12.1. The molecule has 4 heterocycles. The highest BCUT2D eigenvalue weighted by Gasteiger charge is 2.26. The van der Waals surface area contributed by atoms with Gasteiger partial charge in [-0.2, -0.15) is 0 Å². The van der Waals surface area contributed by atoms with Gasteiger partial charge >= 0.3 is 0 Å². The van der Waals surface area contributed by atoms with Gasteiger partial charge in [-0.05, 0) is 108 Å². The van der Waals surface area contributed by atoms with Crippen molar-refractivity contribution >= 4 is 146 Å². The van der Waals surface area contributed by atoms with E-state index in [9.17, 15) is 0 Å². The van der Waals surface area contributed by atoms with Gasteiger partial charge in [0.25, 0.3) is 0 Å². The molecule has 0 bridgehead atoms. The molecular formula is C58H35N3S2. The van der Waals surface area contributed by atoms with Crippen LogP contribution >= 0.6 is 22.7 Å². The summed E-state index contributed by atoms with van der Waals surface area (Å²) in [7, 11) is 0. The van der Waals surface area contributed by atoms with Crippen molar-refractivity contribution < 1.29 is 0 Å². The molecular weight excluding hydrogens is 803 g/mol. The molecule has 0 saturated carbocycles. The molecule has 4 aromatic heterocycles. The fourth-order valence-corrected chi connectivity index (χ4v) is 12.7. The molecule has 0 atom stereocenters. The summed E-state index contributed by atoms with van der Waals surface area (Å²) in [6.45, 7) is 0. The molecule has 0 amide bonds. The number of benzene rings is 10.